The zero-order valence-electron chi connectivity index (χ0n) is 15.8. The molecule has 0 fully saturated rings. The first-order valence-corrected chi connectivity index (χ1v) is 10.5. The molecule has 4 aromatic heterocycles. The highest BCUT2D eigenvalue weighted by Gasteiger charge is 2.16. The minimum Gasteiger partial charge on any atom is -0.280 e. The highest BCUT2D eigenvalue weighted by Crippen LogP contribution is 2.34. The second kappa shape index (κ2) is 6.86. The lowest BCUT2D eigenvalue weighted by atomic mass is 9.98. The van der Waals surface area contributed by atoms with Crippen LogP contribution in [0, 0.1) is 0 Å². The van der Waals surface area contributed by atoms with Gasteiger partial charge in [0.15, 0.2) is 11.5 Å². The van der Waals surface area contributed by atoms with Crippen LogP contribution in [0.1, 0.15) is 0 Å². The Labute approximate surface area is 176 Å². The molecule has 0 N–H and O–H groups in total. The molecule has 6 aromatic rings. The van der Waals surface area contributed by atoms with E-state index in [1.165, 1.54) is 0 Å². The molecular weight excluding hydrogens is 390 g/mol. The summed E-state index contributed by atoms with van der Waals surface area (Å²) >= 11 is 1.54. The summed E-state index contributed by atoms with van der Waals surface area (Å²) in [4.78, 5) is 9.44. The first kappa shape index (κ1) is 17.0. The summed E-state index contributed by atoms with van der Waals surface area (Å²) in [5.41, 5.74) is 8.52. The minimum atomic E-state index is 0.738. The number of hydrogen-bond donors (Lipinski definition) is 0. The van der Waals surface area contributed by atoms with Gasteiger partial charge in [0, 0.05) is 28.1 Å². The Balaban J connectivity index is 1.67. The summed E-state index contributed by atoms with van der Waals surface area (Å²) in [5, 5.41) is 11.8. The molecule has 0 spiro atoms. The van der Waals surface area contributed by atoms with Gasteiger partial charge in [-0.3, -0.25) is 4.40 Å². The van der Waals surface area contributed by atoms with E-state index in [0.29, 0.717) is 0 Å². The number of aromatic nitrogens is 5. The lowest BCUT2D eigenvalue weighted by Gasteiger charge is -2.12. The van der Waals surface area contributed by atoms with Crippen LogP contribution in [0.15, 0.2) is 89.9 Å². The van der Waals surface area contributed by atoms with Crippen molar-refractivity contribution in [2.45, 2.75) is 0 Å². The van der Waals surface area contributed by atoms with Gasteiger partial charge < -0.3 is 0 Å². The SMILES string of the molecule is c1ccc(-c2cc3c(ccn4c(-c5cscn5)nnc34)nc2-c2ccccc2)cc1. The van der Waals surface area contributed by atoms with Gasteiger partial charge >= 0.3 is 0 Å². The maximum Gasteiger partial charge on any atom is 0.187 e. The molecule has 5 nitrogen and oxygen atoms in total. The average molecular weight is 405 g/mol. The van der Waals surface area contributed by atoms with Crippen LogP contribution >= 0.6 is 11.3 Å². The third kappa shape index (κ3) is 2.69. The Morgan fingerprint density at radius 1 is 0.800 bits per heavy atom. The Kier molecular flexibility index (Phi) is 3.89. The van der Waals surface area contributed by atoms with Crippen molar-refractivity contribution < 1.29 is 0 Å². The molecule has 0 unspecified atom stereocenters. The fraction of sp³-hybridized carbons (Fsp3) is 0. The van der Waals surface area contributed by atoms with Crippen molar-refractivity contribution in [3.8, 4) is 33.9 Å². The predicted molar refractivity (Wildman–Crippen MR) is 120 cm³/mol. The molecule has 0 saturated heterocycles. The first-order chi connectivity index (χ1) is 14.9. The standard InChI is InChI=1S/C24H15N5S/c1-3-7-16(8-4-1)18-13-19-20(26-22(18)17-9-5-2-6-10-17)11-12-29-23(19)27-28-24(29)21-14-30-15-25-21/h1-15H. The zero-order valence-corrected chi connectivity index (χ0v) is 16.6. The quantitative estimate of drug-likeness (QED) is 0.377. The summed E-state index contributed by atoms with van der Waals surface area (Å²) in [6.45, 7) is 0. The number of rotatable bonds is 3. The number of nitrogens with zero attached hydrogens (tertiary/aromatic N) is 5. The van der Waals surface area contributed by atoms with E-state index in [4.69, 9.17) is 4.98 Å². The summed E-state index contributed by atoms with van der Waals surface area (Å²) in [5.74, 6) is 0.738. The van der Waals surface area contributed by atoms with Crippen molar-refractivity contribution in [3.05, 3.63) is 89.9 Å². The maximum atomic E-state index is 5.05. The van der Waals surface area contributed by atoms with E-state index >= 15 is 0 Å². The van der Waals surface area contributed by atoms with Crippen molar-refractivity contribution >= 4 is 27.9 Å². The fourth-order valence-corrected chi connectivity index (χ4v) is 4.28. The van der Waals surface area contributed by atoms with E-state index in [0.717, 1.165) is 50.5 Å². The van der Waals surface area contributed by atoms with Gasteiger partial charge in [0.25, 0.3) is 0 Å². The van der Waals surface area contributed by atoms with Crippen molar-refractivity contribution in [1.82, 2.24) is 24.6 Å². The Hall–Kier alpha value is -3.90. The van der Waals surface area contributed by atoms with Crippen LogP contribution in [-0.2, 0) is 0 Å². The minimum absolute atomic E-state index is 0.738. The molecule has 0 atom stereocenters. The van der Waals surface area contributed by atoms with Crippen LogP contribution in [-0.4, -0.2) is 24.6 Å². The van der Waals surface area contributed by atoms with Crippen LogP contribution in [0.4, 0.5) is 0 Å². The van der Waals surface area contributed by atoms with Crippen LogP contribution < -0.4 is 0 Å². The van der Waals surface area contributed by atoms with Crippen molar-refractivity contribution in [3.63, 3.8) is 0 Å². The van der Waals surface area contributed by atoms with Crippen molar-refractivity contribution in [1.29, 1.82) is 0 Å². The predicted octanol–water partition coefficient (Wildman–Crippen LogP) is 5.74. The molecule has 0 aliphatic heterocycles. The Bertz CT molecular complexity index is 1470. The second-order valence-corrected chi connectivity index (χ2v) is 7.67. The second-order valence-electron chi connectivity index (χ2n) is 6.96. The number of thiazole rings is 1. The van der Waals surface area contributed by atoms with Gasteiger partial charge in [-0.25, -0.2) is 9.97 Å². The van der Waals surface area contributed by atoms with Gasteiger partial charge in [-0.05, 0) is 17.7 Å². The summed E-state index contributed by atoms with van der Waals surface area (Å²) in [7, 11) is 0. The van der Waals surface area contributed by atoms with Gasteiger partial charge in [-0.15, -0.1) is 21.5 Å². The summed E-state index contributed by atoms with van der Waals surface area (Å²) in [6.07, 6.45) is 1.97. The molecule has 6 heteroatoms. The van der Waals surface area contributed by atoms with Gasteiger partial charge in [-0.2, -0.15) is 0 Å². The molecule has 30 heavy (non-hydrogen) atoms. The topological polar surface area (TPSA) is 56.0 Å². The Morgan fingerprint density at radius 2 is 1.57 bits per heavy atom. The lowest BCUT2D eigenvalue weighted by Crippen LogP contribution is -1.95. The number of hydrogen-bond acceptors (Lipinski definition) is 5. The van der Waals surface area contributed by atoms with Crippen LogP contribution in [0.2, 0.25) is 0 Å². The molecule has 0 amide bonds. The number of pyridine rings is 2. The van der Waals surface area contributed by atoms with Gasteiger partial charge in [-0.1, -0.05) is 60.7 Å². The van der Waals surface area contributed by atoms with E-state index in [-0.39, 0.29) is 0 Å². The van der Waals surface area contributed by atoms with Gasteiger partial charge in [0.1, 0.15) is 5.69 Å². The monoisotopic (exact) mass is 405 g/mol. The summed E-state index contributed by atoms with van der Waals surface area (Å²) < 4.78 is 1.98. The maximum absolute atomic E-state index is 5.05. The Morgan fingerprint density at radius 3 is 2.30 bits per heavy atom. The van der Waals surface area contributed by atoms with E-state index in [9.17, 15) is 0 Å². The molecule has 0 radical (unpaired) electrons. The first-order valence-electron chi connectivity index (χ1n) is 9.56. The largest absolute Gasteiger partial charge is 0.280 e. The van der Waals surface area contributed by atoms with Crippen LogP contribution in [0.3, 0.4) is 0 Å². The molecule has 142 valence electrons. The fourth-order valence-electron chi connectivity index (χ4n) is 3.75. The molecule has 0 bridgehead atoms. The van der Waals surface area contributed by atoms with Crippen molar-refractivity contribution in [2.75, 3.05) is 0 Å². The highest BCUT2D eigenvalue weighted by atomic mass is 32.1. The average Bonchev–Trinajstić information content (AvgIpc) is 3.49. The van der Waals surface area contributed by atoms with Gasteiger partial charge in [0.2, 0.25) is 0 Å². The van der Waals surface area contributed by atoms with Crippen LogP contribution in [0.25, 0.3) is 50.5 Å². The van der Waals surface area contributed by atoms with Crippen LogP contribution in [0.5, 0.6) is 0 Å². The highest BCUT2D eigenvalue weighted by molar-refractivity contribution is 7.07. The third-order valence-corrected chi connectivity index (χ3v) is 5.75. The third-order valence-electron chi connectivity index (χ3n) is 5.16. The number of fused-ring (bicyclic) bond motifs is 3. The molecule has 4 heterocycles. The zero-order chi connectivity index (χ0) is 19.9. The molecule has 6 rings (SSSR count). The molecule has 0 aliphatic carbocycles. The van der Waals surface area contributed by atoms with E-state index < -0.39 is 0 Å². The molecule has 0 aliphatic rings. The van der Waals surface area contributed by atoms with E-state index in [1.54, 1.807) is 16.8 Å². The lowest BCUT2D eigenvalue weighted by molar-refractivity contribution is 1.10. The normalized spacial score (nSPS) is 11.3. The smallest absolute Gasteiger partial charge is 0.187 e. The number of benzene rings is 2. The summed E-state index contributed by atoms with van der Waals surface area (Å²) in [6, 6.07) is 24.8. The molecule has 0 saturated carbocycles. The van der Waals surface area contributed by atoms with Gasteiger partial charge in [0.05, 0.1) is 16.7 Å². The van der Waals surface area contributed by atoms with E-state index in [1.807, 2.05) is 58.4 Å². The molecule has 2 aromatic carbocycles. The van der Waals surface area contributed by atoms with Crippen molar-refractivity contribution in [2.24, 2.45) is 0 Å². The molecular formula is C24H15N5S. The van der Waals surface area contributed by atoms with E-state index in [2.05, 4.69) is 45.5 Å².